The maximum absolute atomic E-state index is 13.1. The molecule has 2 aliphatic heterocycles. The largest absolute Gasteiger partial charge is 0.507 e. The first-order valence-corrected chi connectivity index (χ1v) is 10.5. The minimum atomic E-state index is -0.712. The Kier molecular flexibility index (Phi) is 6.05. The third-order valence-electron chi connectivity index (χ3n) is 5.48. The Labute approximate surface area is 186 Å². The zero-order valence-corrected chi connectivity index (χ0v) is 18.3. The number of aliphatic hydroxyl groups is 1. The number of fused-ring (bicyclic) bond motifs is 1. The van der Waals surface area contributed by atoms with Crippen LogP contribution < -0.4 is 14.2 Å². The molecule has 1 atom stereocenters. The van der Waals surface area contributed by atoms with Gasteiger partial charge in [0, 0.05) is 18.7 Å². The monoisotopic (exact) mass is 438 g/mol. The van der Waals surface area contributed by atoms with Crippen molar-refractivity contribution in [1.29, 1.82) is 0 Å². The highest BCUT2D eigenvalue weighted by molar-refractivity contribution is 6.46. The van der Waals surface area contributed by atoms with Crippen LogP contribution in [-0.4, -0.2) is 67.2 Å². The van der Waals surface area contributed by atoms with Gasteiger partial charge in [-0.05, 0) is 56.9 Å². The summed E-state index contributed by atoms with van der Waals surface area (Å²) in [4.78, 5) is 29.5. The number of benzene rings is 2. The Balaban J connectivity index is 1.79. The molecule has 1 unspecified atom stereocenters. The van der Waals surface area contributed by atoms with Gasteiger partial charge in [-0.3, -0.25) is 9.59 Å². The number of aliphatic hydroxyl groups excluding tert-OH is 1. The highest BCUT2D eigenvalue weighted by Crippen LogP contribution is 2.41. The van der Waals surface area contributed by atoms with Crippen LogP contribution in [0.2, 0.25) is 0 Å². The standard InChI is InChI=1S/C24H26N2O6/c1-4-30-17-8-5-15(6-9-17)21-20(23(28)24(29)26(21)12-11-25(2)3)22(27)16-7-10-18-19(13-16)32-14-31-18/h5-10,13,21,27H,4,11-12,14H2,1-3H3/b22-20-. The first-order chi connectivity index (χ1) is 15.4. The lowest BCUT2D eigenvalue weighted by Crippen LogP contribution is -2.35. The molecule has 0 aliphatic carbocycles. The quantitative estimate of drug-likeness (QED) is 0.404. The van der Waals surface area contributed by atoms with Crippen LogP contribution in [0.1, 0.15) is 24.1 Å². The fraction of sp³-hybridized carbons (Fsp3) is 0.333. The van der Waals surface area contributed by atoms with E-state index in [1.807, 2.05) is 38.1 Å². The second-order valence-electron chi connectivity index (χ2n) is 7.87. The van der Waals surface area contributed by atoms with E-state index in [-0.39, 0.29) is 18.1 Å². The van der Waals surface area contributed by atoms with Crippen LogP contribution in [-0.2, 0) is 9.59 Å². The molecule has 0 radical (unpaired) electrons. The van der Waals surface area contributed by atoms with E-state index in [9.17, 15) is 14.7 Å². The van der Waals surface area contributed by atoms with Crippen molar-refractivity contribution in [1.82, 2.24) is 9.80 Å². The van der Waals surface area contributed by atoms with Gasteiger partial charge in [-0.1, -0.05) is 12.1 Å². The van der Waals surface area contributed by atoms with Gasteiger partial charge in [-0.2, -0.15) is 0 Å². The zero-order chi connectivity index (χ0) is 22.8. The lowest BCUT2D eigenvalue weighted by atomic mass is 9.95. The summed E-state index contributed by atoms with van der Waals surface area (Å²) in [6.07, 6.45) is 0. The van der Waals surface area contributed by atoms with Crippen molar-refractivity contribution in [3.8, 4) is 17.2 Å². The summed E-state index contributed by atoms with van der Waals surface area (Å²) in [5.41, 5.74) is 1.15. The smallest absolute Gasteiger partial charge is 0.295 e. The van der Waals surface area contributed by atoms with Gasteiger partial charge in [0.15, 0.2) is 11.5 Å². The number of Topliss-reactive ketones (excluding diaryl/α,β-unsaturated/α-hetero) is 1. The molecule has 1 amide bonds. The fourth-order valence-electron chi connectivity index (χ4n) is 3.88. The van der Waals surface area contributed by atoms with Crippen LogP contribution in [0.5, 0.6) is 17.2 Å². The number of ether oxygens (including phenoxy) is 3. The minimum Gasteiger partial charge on any atom is -0.507 e. The van der Waals surface area contributed by atoms with E-state index < -0.39 is 17.7 Å². The van der Waals surface area contributed by atoms with Crippen molar-refractivity contribution in [3.05, 3.63) is 59.2 Å². The summed E-state index contributed by atoms with van der Waals surface area (Å²) in [5, 5.41) is 11.2. The van der Waals surface area contributed by atoms with E-state index in [1.165, 1.54) is 4.90 Å². The predicted molar refractivity (Wildman–Crippen MR) is 118 cm³/mol. The second-order valence-corrected chi connectivity index (χ2v) is 7.87. The molecule has 8 heteroatoms. The van der Waals surface area contributed by atoms with Gasteiger partial charge in [-0.15, -0.1) is 0 Å². The van der Waals surface area contributed by atoms with Crippen molar-refractivity contribution in [2.75, 3.05) is 40.6 Å². The van der Waals surface area contributed by atoms with Gasteiger partial charge in [0.2, 0.25) is 6.79 Å². The summed E-state index contributed by atoms with van der Waals surface area (Å²) in [6, 6.07) is 11.4. The molecular formula is C24H26N2O6. The molecule has 2 heterocycles. The van der Waals surface area contributed by atoms with Crippen molar-refractivity contribution in [2.24, 2.45) is 0 Å². The number of carbonyl (C=O) groups is 2. The normalized spacial score (nSPS) is 19.1. The van der Waals surface area contributed by atoms with Crippen molar-refractivity contribution >= 4 is 17.4 Å². The van der Waals surface area contributed by atoms with E-state index in [0.717, 1.165) is 0 Å². The van der Waals surface area contributed by atoms with Crippen molar-refractivity contribution in [3.63, 3.8) is 0 Å². The summed E-state index contributed by atoms with van der Waals surface area (Å²) in [6.45, 7) is 3.44. The highest BCUT2D eigenvalue weighted by atomic mass is 16.7. The first kappa shape index (κ1) is 21.7. The molecule has 0 spiro atoms. The molecule has 1 saturated heterocycles. The molecule has 1 N–H and O–H groups in total. The number of likely N-dealkylation sites (tertiary alicyclic amines) is 1. The maximum atomic E-state index is 13.1. The number of hydrogen-bond acceptors (Lipinski definition) is 7. The van der Waals surface area contributed by atoms with E-state index in [4.69, 9.17) is 14.2 Å². The number of amides is 1. The lowest BCUT2D eigenvalue weighted by molar-refractivity contribution is -0.140. The highest BCUT2D eigenvalue weighted by Gasteiger charge is 2.46. The summed E-state index contributed by atoms with van der Waals surface area (Å²) >= 11 is 0. The summed E-state index contributed by atoms with van der Waals surface area (Å²) in [7, 11) is 3.80. The van der Waals surface area contributed by atoms with Gasteiger partial charge in [0.05, 0.1) is 18.2 Å². The Morgan fingerprint density at radius 2 is 1.84 bits per heavy atom. The van der Waals surface area contributed by atoms with Crippen LogP contribution in [0.4, 0.5) is 0 Å². The maximum Gasteiger partial charge on any atom is 0.295 e. The minimum absolute atomic E-state index is 0.0526. The van der Waals surface area contributed by atoms with Gasteiger partial charge >= 0.3 is 0 Å². The van der Waals surface area contributed by atoms with E-state index >= 15 is 0 Å². The lowest BCUT2D eigenvalue weighted by Gasteiger charge is -2.26. The molecule has 0 saturated carbocycles. The van der Waals surface area contributed by atoms with Gasteiger partial charge < -0.3 is 29.1 Å². The molecule has 2 aromatic carbocycles. The molecule has 1 fully saturated rings. The first-order valence-electron chi connectivity index (χ1n) is 10.5. The number of nitrogens with zero attached hydrogens (tertiary/aromatic N) is 2. The number of hydrogen-bond donors (Lipinski definition) is 1. The van der Waals surface area contributed by atoms with Gasteiger partial charge in [0.25, 0.3) is 11.7 Å². The molecule has 2 aromatic rings. The van der Waals surface area contributed by atoms with Gasteiger partial charge in [-0.25, -0.2) is 0 Å². The summed E-state index contributed by atoms with van der Waals surface area (Å²) < 4.78 is 16.2. The third-order valence-corrected chi connectivity index (χ3v) is 5.48. The molecule has 0 bridgehead atoms. The Bertz CT molecular complexity index is 1060. The van der Waals surface area contributed by atoms with E-state index in [1.54, 1.807) is 30.3 Å². The van der Waals surface area contributed by atoms with E-state index in [2.05, 4.69) is 0 Å². The molecular weight excluding hydrogens is 412 g/mol. The second kappa shape index (κ2) is 8.92. The van der Waals surface area contributed by atoms with Gasteiger partial charge in [0.1, 0.15) is 11.5 Å². The molecule has 2 aliphatic rings. The van der Waals surface area contributed by atoms with Crippen LogP contribution in [0.25, 0.3) is 5.76 Å². The van der Waals surface area contributed by atoms with Crippen molar-refractivity contribution < 1.29 is 28.9 Å². The molecule has 8 nitrogen and oxygen atoms in total. The Hall–Kier alpha value is -3.52. The number of carbonyl (C=O) groups excluding carboxylic acids is 2. The van der Waals surface area contributed by atoms with E-state index in [0.29, 0.717) is 48.1 Å². The SMILES string of the molecule is CCOc1ccc(C2/C(=C(/O)c3ccc4c(c3)OCO4)C(=O)C(=O)N2CCN(C)C)cc1. The third kappa shape index (κ3) is 4.01. The molecule has 168 valence electrons. The number of ketones is 1. The topological polar surface area (TPSA) is 88.5 Å². The average molecular weight is 438 g/mol. The van der Waals surface area contributed by atoms with Crippen molar-refractivity contribution in [2.45, 2.75) is 13.0 Å². The van der Waals surface area contributed by atoms with Crippen LogP contribution in [0.15, 0.2) is 48.0 Å². The number of rotatable bonds is 7. The molecule has 4 rings (SSSR count). The van der Waals surface area contributed by atoms with Crippen LogP contribution in [0, 0.1) is 0 Å². The van der Waals surface area contributed by atoms with Crippen LogP contribution >= 0.6 is 0 Å². The Morgan fingerprint density at radius 1 is 1.12 bits per heavy atom. The predicted octanol–water partition coefficient (Wildman–Crippen LogP) is 2.80. The molecule has 32 heavy (non-hydrogen) atoms. The fourth-order valence-corrected chi connectivity index (χ4v) is 3.88. The van der Waals surface area contributed by atoms with Crippen LogP contribution in [0.3, 0.4) is 0 Å². The summed E-state index contributed by atoms with van der Waals surface area (Å²) in [5.74, 6) is 0.153. The average Bonchev–Trinajstić information content (AvgIpc) is 3.35. The zero-order valence-electron chi connectivity index (χ0n) is 18.3. The molecule has 0 aromatic heterocycles. The number of likely N-dealkylation sites (N-methyl/N-ethyl adjacent to an activating group) is 1. The Morgan fingerprint density at radius 3 is 2.53 bits per heavy atom.